The molecule has 92 valence electrons. The summed E-state index contributed by atoms with van der Waals surface area (Å²) in [5, 5.41) is 0. The minimum atomic E-state index is 0.696. The molecule has 0 saturated heterocycles. The van der Waals surface area contributed by atoms with Crippen molar-refractivity contribution >= 4 is 5.57 Å². The van der Waals surface area contributed by atoms with Crippen molar-refractivity contribution in [3.05, 3.63) is 36.4 Å². The molecule has 0 radical (unpaired) electrons. The zero-order chi connectivity index (χ0) is 12.1. The maximum Gasteiger partial charge on any atom is 0.119 e. The number of allylic oxidation sites excluding steroid dienone is 1. The minimum Gasteiger partial charge on any atom is -0.494 e. The summed E-state index contributed by atoms with van der Waals surface area (Å²) >= 11 is 0. The molecule has 0 amide bonds. The lowest BCUT2D eigenvalue weighted by Crippen LogP contribution is -2.07. The molecule has 1 fully saturated rings. The summed E-state index contributed by atoms with van der Waals surface area (Å²) in [5.74, 6) is 1.65. The van der Waals surface area contributed by atoms with Crippen LogP contribution in [0.3, 0.4) is 0 Å². The first-order valence-corrected chi connectivity index (χ1v) is 6.73. The maximum absolute atomic E-state index is 5.46. The third-order valence-corrected chi connectivity index (χ3v) is 3.63. The molecular formula is C16H22O. The van der Waals surface area contributed by atoms with Gasteiger partial charge in [0, 0.05) is 0 Å². The van der Waals surface area contributed by atoms with Gasteiger partial charge in [-0.25, -0.2) is 0 Å². The molecular weight excluding hydrogens is 208 g/mol. The van der Waals surface area contributed by atoms with E-state index in [1.165, 1.54) is 43.2 Å². The van der Waals surface area contributed by atoms with Gasteiger partial charge in [-0.3, -0.25) is 0 Å². The van der Waals surface area contributed by atoms with Crippen LogP contribution in [0, 0.1) is 5.92 Å². The van der Waals surface area contributed by atoms with E-state index in [1.807, 2.05) is 19.1 Å². The molecule has 0 aromatic heterocycles. The van der Waals surface area contributed by atoms with E-state index in [-0.39, 0.29) is 0 Å². The number of rotatable bonds is 4. The topological polar surface area (TPSA) is 9.23 Å². The second-order valence-electron chi connectivity index (χ2n) is 4.82. The molecule has 0 atom stereocenters. The number of ether oxygens (including phenoxy) is 1. The van der Waals surface area contributed by atoms with Gasteiger partial charge in [-0.2, -0.15) is 0 Å². The van der Waals surface area contributed by atoms with Gasteiger partial charge >= 0.3 is 0 Å². The second-order valence-corrected chi connectivity index (χ2v) is 4.82. The molecule has 1 saturated carbocycles. The van der Waals surface area contributed by atoms with Crippen molar-refractivity contribution in [3.8, 4) is 5.75 Å². The van der Waals surface area contributed by atoms with Crippen LogP contribution in [-0.2, 0) is 0 Å². The van der Waals surface area contributed by atoms with E-state index in [1.54, 1.807) is 0 Å². The zero-order valence-electron chi connectivity index (χ0n) is 10.7. The molecule has 0 aliphatic heterocycles. The van der Waals surface area contributed by atoms with Crippen LogP contribution in [0.1, 0.15) is 44.6 Å². The third-order valence-electron chi connectivity index (χ3n) is 3.63. The SMILES string of the molecule is C=C(c1ccc(OCC)cc1)C1CCCCC1. The summed E-state index contributed by atoms with van der Waals surface area (Å²) in [6, 6.07) is 8.38. The Bertz CT molecular complexity index is 358. The standard InChI is InChI=1S/C16H22O/c1-3-17-16-11-9-15(10-12-16)13(2)14-7-5-4-6-8-14/h9-12,14H,2-8H2,1H3. The summed E-state index contributed by atoms with van der Waals surface area (Å²) in [5.41, 5.74) is 2.59. The van der Waals surface area contributed by atoms with E-state index in [2.05, 4.69) is 18.7 Å². The van der Waals surface area contributed by atoms with Crippen LogP contribution < -0.4 is 4.74 Å². The molecule has 1 aromatic rings. The van der Waals surface area contributed by atoms with E-state index >= 15 is 0 Å². The summed E-state index contributed by atoms with van der Waals surface area (Å²) in [4.78, 5) is 0. The Hall–Kier alpha value is -1.24. The normalized spacial score (nSPS) is 16.8. The Morgan fingerprint density at radius 2 is 1.82 bits per heavy atom. The van der Waals surface area contributed by atoms with Crippen molar-refractivity contribution in [2.45, 2.75) is 39.0 Å². The zero-order valence-corrected chi connectivity index (χ0v) is 10.7. The fourth-order valence-corrected chi connectivity index (χ4v) is 2.62. The monoisotopic (exact) mass is 230 g/mol. The van der Waals surface area contributed by atoms with Gasteiger partial charge in [0.2, 0.25) is 0 Å². The Kier molecular flexibility index (Phi) is 4.24. The molecule has 1 heteroatoms. The molecule has 1 aliphatic rings. The van der Waals surface area contributed by atoms with Crippen molar-refractivity contribution in [2.24, 2.45) is 5.92 Å². The highest BCUT2D eigenvalue weighted by molar-refractivity contribution is 5.65. The van der Waals surface area contributed by atoms with E-state index < -0.39 is 0 Å². The van der Waals surface area contributed by atoms with Crippen LogP contribution >= 0.6 is 0 Å². The first-order chi connectivity index (χ1) is 8.31. The summed E-state index contributed by atoms with van der Waals surface area (Å²) < 4.78 is 5.46. The molecule has 0 bridgehead atoms. The highest BCUT2D eigenvalue weighted by atomic mass is 16.5. The van der Waals surface area contributed by atoms with Gasteiger partial charge in [-0.15, -0.1) is 0 Å². The second kappa shape index (κ2) is 5.90. The van der Waals surface area contributed by atoms with Crippen LogP contribution in [0.25, 0.3) is 5.57 Å². The fourth-order valence-electron chi connectivity index (χ4n) is 2.62. The first kappa shape index (κ1) is 12.2. The Balaban J connectivity index is 2.03. The third kappa shape index (κ3) is 3.12. The average Bonchev–Trinajstić information content (AvgIpc) is 2.40. The molecule has 0 N–H and O–H groups in total. The summed E-state index contributed by atoms with van der Waals surface area (Å²) in [7, 11) is 0. The van der Waals surface area contributed by atoms with Crippen molar-refractivity contribution in [3.63, 3.8) is 0 Å². The lowest BCUT2D eigenvalue weighted by Gasteiger charge is -2.24. The summed E-state index contributed by atoms with van der Waals surface area (Å²) in [6.45, 7) is 7.02. The summed E-state index contributed by atoms with van der Waals surface area (Å²) in [6.07, 6.45) is 6.74. The molecule has 17 heavy (non-hydrogen) atoms. The number of benzene rings is 1. The molecule has 1 nitrogen and oxygen atoms in total. The van der Waals surface area contributed by atoms with Gasteiger partial charge < -0.3 is 4.74 Å². The van der Waals surface area contributed by atoms with Crippen LogP contribution in [-0.4, -0.2) is 6.61 Å². The predicted molar refractivity (Wildman–Crippen MR) is 73.2 cm³/mol. The largest absolute Gasteiger partial charge is 0.494 e. The van der Waals surface area contributed by atoms with Gasteiger partial charge in [0.1, 0.15) is 5.75 Å². The van der Waals surface area contributed by atoms with E-state index in [4.69, 9.17) is 4.74 Å². The van der Waals surface area contributed by atoms with Gasteiger partial charge in [0.05, 0.1) is 6.61 Å². The number of hydrogen-bond acceptors (Lipinski definition) is 1. The van der Waals surface area contributed by atoms with Gasteiger partial charge in [0.25, 0.3) is 0 Å². The van der Waals surface area contributed by atoms with Gasteiger partial charge in [0.15, 0.2) is 0 Å². The average molecular weight is 230 g/mol. The first-order valence-electron chi connectivity index (χ1n) is 6.73. The highest BCUT2D eigenvalue weighted by Gasteiger charge is 2.17. The molecule has 1 aliphatic carbocycles. The quantitative estimate of drug-likeness (QED) is 0.729. The fraction of sp³-hybridized carbons (Fsp3) is 0.500. The van der Waals surface area contributed by atoms with Crippen molar-refractivity contribution in [1.29, 1.82) is 0 Å². The molecule has 2 rings (SSSR count). The minimum absolute atomic E-state index is 0.696. The van der Waals surface area contributed by atoms with Crippen LogP contribution in [0.2, 0.25) is 0 Å². The highest BCUT2D eigenvalue weighted by Crippen LogP contribution is 2.34. The van der Waals surface area contributed by atoms with E-state index in [0.717, 1.165) is 12.4 Å². The van der Waals surface area contributed by atoms with Gasteiger partial charge in [-0.1, -0.05) is 38.0 Å². The lowest BCUT2D eigenvalue weighted by molar-refractivity contribution is 0.340. The predicted octanol–water partition coefficient (Wildman–Crippen LogP) is 4.68. The van der Waals surface area contributed by atoms with E-state index in [0.29, 0.717) is 5.92 Å². The van der Waals surface area contributed by atoms with E-state index in [9.17, 15) is 0 Å². The maximum atomic E-state index is 5.46. The smallest absolute Gasteiger partial charge is 0.119 e. The Morgan fingerprint density at radius 3 is 2.41 bits per heavy atom. The van der Waals surface area contributed by atoms with Crippen LogP contribution in [0.5, 0.6) is 5.75 Å². The Labute approximate surface area is 104 Å². The molecule has 1 aromatic carbocycles. The van der Waals surface area contributed by atoms with Gasteiger partial charge in [-0.05, 0) is 49.0 Å². The molecule has 0 heterocycles. The number of hydrogen-bond donors (Lipinski definition) is 0. The van der Waals surface area contributed by atoms with Crippen molar-refractivity contribution < 1.29 is 4.74 Å². The lowest BCUT2D eigenvalue weighted by atomic mass is 9.82. The van der Waals surface area contributed by atoms with Crippen LogP contribution in [0.15, 0.2) is 30.8 Å². The molecule has 0 spiro atoms. The molecule has 0 unspecified atom stereocenters. The Morgan fingerprint density at radius 1 is 1.18 bits per heavy atom. The van der Waals surface area contributed by atoms with Crippen LogP contribution in [0.4, 0.5) is 0 Å². The van der Waals surface area contributed by atoms with Crippen molar-refractivity contribution in [2.75, 3.05) is 6.61 Å². The van der Waals surface area contributed by atoms with Crippen molar-refractivity contribution in [1.82, 2.24) is 0 Å².